The van der Waals surface area contributed by atoms with Crippen molar-refractivity contribution in [2.45, 2.75) is 51.4 Å². The van der Waals surface area contributed by atoms with Crippen LogP contribution in [-0.2, 0) is 4.79 Å². The second kappa shape index (κ2) is 12.9. The Morgan fingerprint density at radius 1 is 1.24 bits per heavy atom. The minimum absolute atomic E-state index is 0. The molecule has 1 fully saturated rings. The fourth-order valence-electron chi connectivity index (χ4n) is 3.90. The van der Waals surface area contributed by atoms with E-state index >= 15 is 0 Å². The molecule has 0 aromatic heterocycles. The standard InChI is InChI=1S/C22H34N4O2.HI/c1-2-23-22(24-13-8-15-26-14-7-3-4-11-21(26)27)25-17-18-12-16-28-20-10-6-5-9-19(18)20;/h5-6,9-10,18H,2-4,7-8,11-17H2,1H3,(H2,23,24,25);1H. The van der Waals surface area contributed by atoms with Crippen LogP contribution in [0.2, 0.25) is 0 Å². The van der Waals surface area contributed by atoms with Gasteiger partial charge in [-0.3, -0.25) is 9.79 Å². The lowest BCUT2D eigenvalue weighted by Crippen LogP contribution is -2.39. The monoisotopic (exact) mass is 514 g/mol. The molecule has 0 radical (unpaired) electrons. The first-order valence-corrected chi connectivity index (χ1v) is 10.8. The average Bonchev–Trinajstić information content (AvgIpc) is 2.93. The number of guanidine groups is 1. The first-order chi connectivity index (χ1) is 13.8. The Hall–Kier alpha value is -1.51. The molecule has 0 aliphatic carbocycles. The molecule has 1 aromatic carbocycles. The lowest BCUT2D eigenvalue weighted by Gasteiger charge is -2.25. The zero-order valence-electron chi connectivity index (χ0n) is 17.5. The number of hydrogen-bond acceptors (Lipinski definition) is 3. The zero-order chi connectivity index (χ0) is 19.6. The molecule has 1 unspecified atom stereocenters. The highest BCUT2D eigenvalue weighted by atomic mass is 127. The van der Waals surface area contributed by atoms with Gasteiger partial charge in [-0.25, -0.2) is 0 Å². The van der Waals surface area contributed by atoms with Gasteiger partial charge in [0.1, 0.15) is 5.75 Å². The first-order valence-electron chi connectivity index (χ1n) is 10.8. The summed E-state index contributed by atoms with van der Waals surface area (Å²) in [5.74, 6) is 2.56. The van der Waals surface area contributed by atoms with E-state index in [-0.39, 0.29) is 24.0 Å². The third-order valence-corrected chi connectivity index (χ3v) is 5.47. The molecule has 6 nitrogen and oxygen atoms in total. The van der Waals surface area contributed by atoms with Crippen LogP contribution in [0.5, 0.6) is 5.75 Å². The van der Waals surface area contributed by atoms with Gasteiger partial charge in [-0.05, 0) is 44.2 Å². The number of ether oxygens (including phenoxy) is 1. The number of carbonyl (C=O) groups is 1. The molecule has 2 aliphatic rings. The highest BCUT2D eigenvalue weighted by Crippen LogP contribution is 2.33. The highest BCUT2D eigenvalue weighted by Gasteiger charge is 2.21. The van der Waals surface area contributed by atoms with Crippen molar-refractivity contribution in [3.8, 4) is 5.75 Å². The first kappa shape index (κ1) is 23.8. The average molecular weight is 514 g/mol. The number of benzene rings is 1. The number of halogens is 1. The van der Waals surface area contributed by atoms with Crippen LogP contribution >= 0.6 is 24.0 Å². The predicted molar refractivity (Wildman–Crippen MR) is 128 cm³/mol. The van der Waals surface area contributed by atoms with Crippen molar-refractivity contribution in [1.29, 1.82) is 0 Å². The fourth-order valence-corrected chi connectivity index (χ4v) is 3.90. The molecule has 0 bridgehead atoms. The van der Waals surface area contributed by atoms with Crippen LogP contribution in [0.25, 0.3) is 0 Å². The second-order valence-electron chi connectivity index (χ2n) is 7.56. The molecule has 1 amide bonds. The lowest BCUT2D eigenvalue weighted by molar-refractivity contribution is -0.130. The summed E-state index contributed by atoms with van der Waals surface area (Å²) in [4.78, 5) is 18.9. The quantitative estimate of drug-likeness (QED) is 0.253. The Morgan fingerprint density at radius 2 is 2.10 bits per heavy atom. The second-order valence-corrected chi connectivity index (χ2v) is 7.56. The number of carbonyl (C=O) groups excluding carboxylic acids is 1. The van der Waals surface area contributed by atoms with Crippen LogP contribution in [0.3, 0.4) is 0 Å². The minimum Gasteiger partial charge on any atom is -0.493 e. The number of aliphatic imine (C=N–C) groups is 1. The normalized spacial score (nSPS) is 19.5. The summed E-state index contributed by atoms with van der Waals surface area (Å²) in [6.45, 7) is 6.98. The molecule has 2 aliphatic heterocycles. The smallest absolute Gasteiger partial charge is 0.222 e. The van der Waals surface area contributed by atoms with E-state index in [4.69, 9.17) is 9.73 Å². The Balaban J connectivity index is 0.00000300. The topological polar surface area (TPSA) is 66.0 Å². The summed E-state index contributed by atoms with van der Waals surface area (Å²) in [6.07, 6.45) is 6.00. The van der Waals surface area contributed by atoms with Crippen LogP contribution in [0.1, 0.15) is 56.9 Å². The number of fused-ring (bicyclic) bond motifs is 1. The van der Waals surface area contributed by atoms with E-state index in [1.165, 1.54) is 12.0 Å². The Morgan fingerprint density at radius 3 is 2.97 bits per heavy atom. The molecule has 1 atom stereocenters. The number of nitrogens with one attached hydrogen (secondary N) is 2. The van der Waals surface area contributed by atoms with Crippen LogP contribution in [-0.4, -0.2) is 56.1 Å². The number of rotatable bonds is 7. The summed E-state index contributed by atoms with van der Waals surface area (Å²) in [5, 5.41) is 6.75. The van der Waals surface area contributed by atoms with Crippen LogP contribution in [0.4, 0.5) is 0 Å². The van der Waals surface area contributed by atoms with Crippen LogP contribution in [0.15, 0.2) is 29.3 Å². The van der Waals surface area contributed by atoms with E-state index in [0.717, 1.165) is 76.7 Å². The van der Waals surface area contributed by atoms with Crippen molar-refractivity contribution in [3.63, 3.8) is 0 Å². The van der Waals surface area contributed by atoms with Gasteiger partial charge in [0.25, 0.3) is 0 Å². The van der Waals surface area contributed by atoms with Gasteiger partial charge in [0, 0.05) is 45.1 Å². The van der Waals surface area contributed by atoms with E-state index in [9.17, 15) is 4.79 Å². The Kier molecular flexibility index (Phi) is 10.6. The molecule has 2 N–H and O–H groups in total. The SMILES string of the molecule is CCNC(=NCC1CCOc2ccccc21)NCCCN1CCCCCC1=O.I. The van der Waals surface area contributed by atoms with E-state index in [2.05, 4.69) is 29.7 Å². The van der Waals surface area contributed by atoms with Crippen molar-refractivity contribution < 1.29 is 9.53 Å². The molecular weight excluding hydrogens is 479 g/mol. The summed E-state index contributed by atoms with van der Waals surface area (Å²) in [5.41, 5.74) is 1.26. The van der Waals surface area contributed by atoms with Crippen LogP contribution in [0, 0.1) is 0 Å². The number of likely N-dealkylation sites (tertiary alicyclic amines) is 1. The van der Waals surface area contributed by atoms with Crippen molar-refractivity contribution in [2.24, 2.45) is 4.99 Å². The zero-order valence-corrected chi connectivity index (χ0v) is 19.8. The van der Waals surface area contributed by atoms with Crippen molar-refractivity contribution in [1.82, 2.24) is 15.5 Å². The van der Waals surface area contributed by atoms with Gasteiger partial charge in [-0.2, -0.15) is 0 Å². The van der Waals surface area contributed by atoms with Gasteiger partial charge >= 0.3 is 0 Å². The summed E-state index contributed by atoms with van der Waals surface area (Å²) in [7, 11) is 0. The third kappa shape index (κ3) is 7.35. The van der Waals surface area contributed by atoms with Gasteiger partial charge in [0.2, 0.25) is 5.91 Å². The Labute approximate surface area is 191 Å². The molecule has 3 rings (SSSR count). The molecule has 29 heavy (non-hydrogen) atoms. The van der Waals surface area contributed by atoms with Crippen molar-refractivity contribution in [3.05, 3.63) is 29.8 Å². The minimum atomic E-state index is 0. The highest BCUT2D eigenvalue weighted by molar-refractivity contribution is 14.0. The van der Waals surface area contributed by atoms with E-state index in [1.54, 1.807) is 0 Å². The maximum absolute atomic E-state index is 12.1. The van der Waals surface area contributed by atoms with E-state index < -0.39 is 0 Å². The van der Waals surface area contributed by atoms with E-state index in [0.29, 0.717) is 18.2 Å². The van der Waals surface area contributed by atoms with Crippen molar-refractivity contribution >= 4 is 35.8 Å². The largest absolute Gasteiger partial charge is 0.493 e. The molecular formula is C22H35IN4O2. The van der Waals surface area contributed by atoms with Crippen LogP contribution < -0.4 is 15.4 Å². The number of para-hydroxylation sites is 1. The van der Waals surface area contributed by atoms with E-state index in [1.807, 2.05) is 17.0 Å². The predicted octanol–water partition coefficient (Wildman–Crippen LogP) is 3.52. The maximum Gasteiger partial charge on any atom is 0.222 e. The number of hydrogen-bond donors (Lipinski definition) is 2. The van der Waals surface area contributed by atoms with Gasteiger partial charge in [0.15, 0.2) is 5.96 Å². The molecule has 0 saturated carbocycles. The molecule has 1 aromatic rings. The lowest BCUT2D eigenvalue weighted by atomic mass is 9.93. The maximum atomic E-state index is 12.1. The summed E-state index contributed by atoms with van der Waals surface area (Å²) < 4.78 is 5.75. The summed E-state index contributed by atoms with van der Waals surface area (Å²) in [6, 6.07) is 8.27. The molecule has 162 valence electrons. The number of nitrogens with zero attached hydrogens (tertiary/aromatic N) is 2. The summed E-state index contributed by atoms with van der Waals surface area (Å²) >= 11 is 0. The van der Waals surface area contributed by atoms with Gasteiger partial charge in [0.05, 0.1) is 6.61 Å². The van der Waals surface area contributed by atoms with Gasteiger partial charge < -0.3 is 20.3 Å². The van der Waals surface area contributed by atoms with Gasteiger partial charge in [-0.15, -0.1) is 24.0 Å². The van der Waals surface area contributed by atoms with Crippen molar-refractivity contribution in [2.75, 3.05) is 39.3 Å². The fraction of sp³-hybridized carbons (Fsp3) is 0.636. The molecule has 2 heterocycles. The number of amides is 1. The third-order valence-electron chi connectivity index (χ3n) is 5.47. The van der Waals surface area contributed by atoms with Gasteiger partial charge in [-0.1, -0.05) is 24.6 Å². The molecule has 1 saturated heterocycles. The molecule has 0 spiro atoms. The molecule has 7 heteroatoms. The Bertz CT molecular complexity index is 668.